The Bertz CT molecular complexity index is 1960. The lowest BCUT2D eigenvalue weighted by Gasteiger charge is -2.25. The molecule has 0 aliphatic heterocycles. The second kappa shape index (κ2) is 82.9. The number of ether oxygens (including phenoxy) is 12. The Balaban J connectivity index is 5.93. The monoisotopic (exact) mass is 1630 g/mol. The van der Waals surface area contributed by atoms with E-state index >= 15 is 0 Å². The number of hydrogen-bond acceptors (Lipinski definition) is 23. The molecular formula is C91H171N3O20. The first-order valence-electron chi connectivity index (χ1n) is 46.5. The number of hydrogen-bond donors (Lipinski definition) is 0. The zero-order chi connectivity index (χ0) is 83.6. The molecule has 0 saturated heterocycles. The van der Waals surface area contributed by atoms with Gasteiger partial charge in [-0.15, -0.1) is 0 Å². The Morgan fingerprint density at radius 1 is 0.202 bits per heavy atom. The van der Waals surface area contributed by atoms with Crippen molar-refractivity contribution < 1.29 is 95.2 Å². The highest BCUT2D eigenvalue weighted by molar-refractivity contribution is 5.71. The number of carbonyl (C=O) groups excluding carboxylic acids is 8. The maximum Gasteiger partial charge on any atom is 0.508 e. The Labute approximate surface area is 694 Å². The number of rotatable bonds is 84. The van der Waals surface area contributed by atoms with Gasteiger partial charge in [0.1, 0.15) is 52.9 Å². The van der Waals surface area contributed by atoms with Crippen molar-refractivity contribution in [3.8, 4) is 0 Å². The molecule has 670 valence electrons. The van der Waals surface area contributed by atoms with Crippen LogP contribution in [0.2, 0.25) is 0 Å². The van der Waals surface area contributed by atoms with Crippen LogP contribution in [-0.2, 0) is 76.0 Å². The Kier molecular flexibility index (Phi) is 79.2. The number of carbonyl (C=O) groups is 8. The first-order chi connectivity index (χ1) is 55.5. The van der Waals surface area contributed by atoms with Crippen LogP contribution in [0.5, 0.6) is 0 Å². The predicted molar refractivity (Wildman–Crippen MR) is 454 cm³/mol. The van der Waals surface area contributed by atoms with Crippen LogP contribution >= 0.6 is 0 Å². The van der Waals surface area contributed by atoms with Crippen LogP contribution in [0, 0.1) is 23.7 Å². The summed E-state index contributed by atoms with van der Waals surface area (Å²) in [5, 5.41) is 0. The van der Waals surface area contributed by atoms with Crippen molar-refractivity contribution in [2.45, 2.75) is 376 Å². The van der Waals surface area contributed by atoms with Crippen LogP contribution in [0.25, 0.3) is 0 Å². The molecule has 0 amide bonds. The summed E-state index contributed by atoms with van der Waals surface area (Å²) in [5.41, 5.74) is 0. The van der Waals surface area contributed by atoms with Crippen molar-refractivity contribution in [2.75, 3.05) is 139 Å². The van der Waals surface area contributed by atoms with Crippen LogP contribution < -0.4 is 0 Å². The second-order valence-electron chi connectivity index (χ2n) is 31.9. The van der Waals surface area contributed by atoms with E-state index in [0.717, 1.165) is 154 Å². The molecule has 0 radical (unpaired) electrons. The number of nitrogens with zero attached hydrogens (tertiary/aromatic N) is 3. The van der Waals surface area contributed by atoms with E-state index < -0.39 is 48.5 Å². The first kappa shape index (κ1) is 109. The minimum atomic E-state index is -0.777. The van der Waals surface area contributed by atoms with Crippen LogP contribution in [-0.4, -0.2) is 202 Å². The standard InChI is InChI=1S/C91H171N3O20/c1-10-18-26-30-34-42-52-80(48-38-22-14-5)76-111-88(99)107-72-68-103-84(95)56-64-93(65-57-85(96)104-69-73-108-89(100)112-77-81(49-39-23-15-6)53-43-35-31-27-19-11-2)62-46-60-92(9)61-47-63-94(66-58-86(97)105-70-74-109-90(101)113-78-82(50-40-24-16-7)54-44-36-32-28-20-12-3)67-59-87(98)106-71-75-110-91(102)114-79-83(51-41-25-17-8)55-45-37-33-29-21-13-4/h80-83H,10-79H2,1-9H3. The highest BCUT2D eigenvalue weighted by Crippen LogP contribution is 2.24. The summed E-state index contributed by atoms with van der Waals surface area (Å²) in [5.74, 6) is -0.836. The van der Waals surface area contributed by atoms with Gasteiger partial charge < -0.3 is 71.5 Å². The van der Waals surface area contributed by atoms with Gasteiger partial charge >= 0.3 is 48.5 Å². The Morgan fingerprint density at radius 3 is 0.588 bits per heavy atom. The summed E-state index contributed by atoms with van der Waals surface area (Å²) in [4.78, 5) is 109. The molecule has 0 saturated carbocycles. The average molecular weight is 1630 g/mol. The minimum absolute atomic E-state index is 0.0154. The molecule has 0 N–H and O–H groups in total. The molecule has 0 rings (SSSR count). The van der Waals surface area contributed by atoms with Gasteiger partial charge in [0.05, 0.1) is 52.1 Å². The first-order valence-corrected chi connectivity index (χ1v) is 46.5. The molecule has 0 aromatic rings. The molecule has 23 heteroatoms. The van der Waals surface area contributed by atoms with Gasteiger partial charge in [0.25, 0.3) is 0 Å². The maximum atomic E-state index is 13.2. The van der Waals surface area contributed by atoms with Crippen molar-refractivity contribution in [3.63, 3.8) is 0 Å². The average Bonchev–Trinajstić information content (AvgIpc) is 0.947. The summed E-state index contributed by atoms with van der Waals surface area (Å²) < 4.78 is 65.3. The maximum absolute atomic E-state index is 13.2. The van der Waals surface area contributed by atoms with E-state index in [4.69, 9.17) is 56.8 Å². The smallest absolute Gasteiger partial charge is 0.462 e. The van der Waals surface area contributed by atoms with Crippen molar-refractivity contribution in [1.82, 2.24) is 14.7 Å². The Morgan fingerprint density at radius 2 is 0.377 bits per heavy atom. The van der Waals surface area contributed by atoms with Gasteiger partial charge in [0.15, 0.2) is 0 Å². The molecule has 0 aromatic heterocycles. The van der Waals surface area contributed by atoms with E-state index in [1.54, 1.807) is 0 Å². The van der Waals surface area contributed by atoms with E-state index in [0.29, 0.717) is 65.4 Å². The summed E-state index contributed by atoms with van der Waals surface area (Å²) in [6.07, 6.45) is 48.6. The third kappa shape index (κ3) is 74.4. The Hall–Kier alpha value is -5.16. The quantitative estimate of drug-likeness (QED) is 0.0311. The molecule has 114 heavy (non-hydrogen) atoms. The molecule has 0 spiro atoms. The third-order valence-corrected chi connectivity index (χ3v) is 21.3. The number of esters is 4. The van der Waals surface area contributed by atoms with Gasteiger partial charge in [-0.25, -0.2) is 19.2 Å². The van der Waals surface area contributed by atoms with Crippen molar-refractivity contribution in [3.05, 3.63) is 0 Å². The van der Waals surface area contributed by atoms with Crippen LogP contribution in [0.15, 0.2) is 0 Å². The third-order valence-electron chi connectivity index (χ3n) is 21.3. The van der Waals surface area contributed by atoms with E-state index in [1.807, 2.05) is 16.8 Å². The van der Waals surface area contributed by atoms with Gasteiger partial charge in [-0.2, -0.15) is 0 Å². The lowest BCUT2D eigenvalue weighted by Crippen LogP contribution is -2.34. The SMILES string of the molecule is CCCCCCCCC(CCCCC)COC(=O)OCCOC(=O)CCN(CCCN(C)CCCN(CCC(=O)OCCOC(=O)OCC(CCCCC)CCCCCCCC)CCC(=O)OCCOC(=O)OCC(CCCCC)CCCCCCCC)CCC(=O)OCCOC(=O)OCC(CCCCC)CCCCCCCC. The topological polar surface area (TPSA) is 257 Å². The molecule has 0 aromatic carbocycles. The lowest BCUT2D eigenvalue weighted by molar-refractivity contribution is -0.147. The second-order valence-corrected chi connectivity index (χ2v) is 31.9. The van der Waals surface area contributed by atoms with Crippen molar-refractivity contribution >= 4 is 48.5 Å². The van der Waals surface area contributed by atoms with Crippen molar-refractivity contribution in [2.24, 2.45) is 23.7 Å². The fraction of sp³-hybridized carbons (Fsp3) is 0.912. The zero-order valence-electron chi connectivity index (χ0n) is 74.3. The predicted octanol–water partition coefficient (Wildman–Crippen LogP) is 22.4. The highest BCUT2D eigenvalue weighted by Gasteiger charge is 2.21. The van der Waals surface area contributed by atoms with Gasteiger partial charge in [-0.1, -0.05) is 287 Å². The zero-order valence-corrected chi connectivity index (χ0v) is 74.3. The lowest BCUT2D eigenvalue weighted by atomic mass is 9.95. The van der Waals surface area contributed by atoms with Crippen LogP contribution in [0.4, 0.5) is 19.2 Å². The van der Waals surface area contributed by atoms with Crippen LogP contribution in [0.1, 0.15) is 376 Å². The molecule has 0 fully saturated rings. The highest BCUT2D eigenvalue weighted by atomic mass is 16.7. The summed E-state index contributed by atoms with van der Waals surface area (Å²) >= 11 is 0. The van der Waals surface area contributed by atoms with E-state index in [-0.39, 0.29) is 128 Å². The molecule has 23 nitrogen and oxygen atoms in total. The van der Waals surface area contributed by atoms with E-state index in [9.17, 15) is 38.4 Å². The summed E-state index contributed by atoms with van der Waals surface area (Å²) in [7, 11) is 2.00. The van der Waals surface area contributed by atoms with Crippen LogP contribution in [0.3, 0.4) is 0 Å². The van der Waals surface area contributed by atoms with Gasteiger partial charge in [-0.05, 0) is 121 Å². The molecule has 4 atom stereocenters. The fourth-order valence-electron chi connectivity index (χ4n) is 14.1. The van der Waals surface area contributed by atoms with E-state index in [2.05, 4.69) is 60.3 Å². The van der Waals surface area contributed by atoms with Gasteiger partial charge in [0.2, 0.25) is 0 Å². The largest absolute Gasteiger partial charge is 0.508 e. The summed E-state index contributed by atoms with van der Waals surface area (Å²) in [6.45, 7) is 21.1. The van der Waals surface area contributed by atoms with Gasteiger partial charge in [0, 0.05) is 26.2 Å². The molecule has 0 aliphatic rings. The van der Waals surface area contributed by atoms with Crippen molar-refractivity contribution in [1.29, 1.82) is 0 Å². The molecule has 0 heterocycles. The molecule has 0 aliphatic carbocycles. The molecular weight excluding hydrogens is 1460 g/mol. The van der Waals surface area contributed by atoms with E-state index in [1.165, 1.54) is 128 Å². The summed E-state index contributed by atoms with van der Waals surface area (Å²) in [6, 6.07) is 0. The fourth-order valence-corrected chi connectivity index (χ4v) is 14.1. The minimum Gasteiger partial charge on any atom is -0.462 e. The molecule has 4 unspecified atom stereocenters. The number of unbranched alkanes of at least 4 members (excludes halogenated alkanes) is 28. The van der Waals surface area contributed by atoms with Gasteiger partial charge in [-0.3, -0.25) is 19.2 Å². The molecule has 0 bridgehead atoms. The normalized spacial score (nSPS) is 12.5.